The van der Waals surface area contributed by atoms with E-state index in [1.165, 1.54) is 24.3 Å². The monoisotopic (exact) mass is 660 g/mol. The summed E-state index contributed by atoms with van der Waals surface area (Å²) in [6, 6.07) is 24.2. The van der Waals surface area contributed by atoms with Gasteiger partial charge in [-0.05, 0) is 97.9 Å². The van der Waals surface area contributed by atoms with Crippen molar-refractivity contribution >= 4 is 57.2 Å². The standard InChI is InChI=1S/C42H41BF4N2/c1-40(2,3)24-10-14-33-29(18-24)43-30-19-25(41(4,5)6)11-15-34(30)49(36-17-13-28(45)23-32(36)47)38-21-26(42(7,8)9)20-37(39(38)43)48(33)35-16-12-27(44)22-31(35)46/h10-23H,1-9H3. The lowest BCUT2D eigenvalue weighted by Crippen LogP contribution is -2.62. The summed E-state index contributed by atoms with van der Waals surface area (Å²) in [4.78, 5) is 3.78. The summed E-state index contributed by atoms with van der Waals surface area (Å²) in [5, 5.41) is 0. The molecule has 0 amide bonds. The highest BCUT2D eigenvalue weighted by molar-refractivity contribution is 7.00. The topological polar surface area (TPSA) is 6.48 Å². The Balaban J connectivity index is 1.68. The number of hydrogen-bond donors (Lipinski definition) is 0. The second kappa shape index (κ2) is 11.0. The number of rotatable bonds is 2. The van der Waals surface area contributed by atoms with Gasteiger partial charge in [0.2, 0.25) is 0 Å². The summed E-state index contributed by atoms with van der Waals surface area (Å²) in [6.45, 7) is 19.0. The molecular weight excluding hydrogens is 619 g/mol. The molecule has 0 aromatic heterocycles. The summed E-state index contributed by atoms with van der Waals surface area (Å²) in [7, 11) is 0. The second-order valence-electron chi connectivity index (χ2n) is 16.5. The lowest BCUT2D eigenvalue weighted by atomic mass is 9.33. The molecule has 0 atom stereocenters. The molecule has 0 N–H and O–H groups in total. The Morgan fingerprint density at radius 1 is 0.408 bits per heavy atom. The Labute approximate surface area is 287 Å². The smallest absolute Gasteiger partial charge is 0.252 e. The number of nitrogens with zero attached hydrogens (tertiary/aromatic N) is 2. The highest BCUT2D eigenvalue weighted by atomic mass is 19.1. The lowest BCUT2D eigenvalue weighted by Gasteiger charge is -2.45. The molecule has 250 valence electrons. The van der Waals surface area contributed by atoms with E-state index in [4.69, 9.17) is 0 Å². The lowest BCUT2D eigenvalue weighted by molar-refractivity contribution is 0.583. The van der Waals surface area contributed by atoms with Crippen molar-refractivity contribution in [2.24, 2.45) is 0 Å². The van der Waals surface area contributed by atoms with E-state index < -0.39 is 23.3 Å². The second-order valence-corrected chi connectivity index (χ2v) is 16.5. The van der Waals surface area contributed by atoms with E-state index in [0.29, 0.717) is 0 Å². The molecule has 0 fully saturated rings. The fourth-order valence-electron chi connectivity index (χ4n) is 7.22. The van der Waals surface area contributed by atoms with Gasteiger partial charge in [-0.2, -0.15) is 0 Å². The third kappa shape index (κ3) is 5.42. The fraction of sp³-hybridized carbons (Fsp3) is 0.286. The Kier molecular flexibility index (Phi) is 7.41. The van der Waals surface area contributed by atoms with Crippen LogP contribution >= 0.6 is 0 Å². The predicted molar refractivity (Wildman–Crippen MR) is 196 cm³/mol. The molecule has 7 heteroatoms. The molecule has 5 aromatic rings. The average molecular weight is 661 g/mol. The maximum atomic E-state index is 16.0. The minimum absolute atomic E-state index is 0.186. The van der Waals surface area contributed by atoms with Crippen LogP contribution in [0.1, 0.15) is 79.0 Å². The van der Waals surface area contributed by atoms with Crippen LogP contribution in [0, 0.1) is 23.3 Å². The molecule has 2 aliphatic rings. The first-order chi connectivity index (χ1) is 22.8. The van der Waals surface area contributed by atoms with Gasteiger partial charge in [0.05, 0.1) is 11.4 Å². The van der Waals surface area contributed by atoms with Gasteiger partial charge < -0.3 is 9.80 Å². The van der Waals surface area contributed by atoms with E-state index in [0.717, 1.165) is 68.0 Å². The number of halogens is 4. The fourth-order valence-corrected chi connectivity index (χ4v) is 7.22. The Morgan fingerprint density at radius 2 is 0.776 bits per heavy atom. The van der Waals surface area contributed by atoms with Gasteiger partial charge in [0.1, 0.15) is 23.3 Å². The van der Waals surface area contributed by atoms with Crippen LogP contribution < -0.4 is 26.2 Å². The van der Waals surface area contributed by atoms with Crippen LogP contribution in [0.2, 0.25) is 0 Å². The van der Waals surface area contributed by atoms with Crippen molar-refractivity contribution in [3.05, 3.63) is 125 Å². The number of hydrogen-bond acceptors (Lipinski definition) is 2. The molecule has 0 saturated heterocycles. The third-order valence-electron chi connectivity index (χ3n) is 9.97. The molecule has 0 unspecified atom stereocenters. The van der Waals surface area contributed by atoms with Crippen molar-refractivity contribution < 1.29 is 17.6 Å². The number of fused-ring (bicyclic) bond motifs is 4. The van der Waals surface area contributed by atoms with Gasteiger partial charge in [0, 0.05) is 34.9 Å². The molecule has 2 heterocycles. The molecule has 7 rings (SSSR count). The predicted octanol–water partition coefficient (Wildman–Crippen LogP) is 10.2. The largest absolute Gasteiger partial charge is 0.309 e. The van der Waals surface area contributed by atoms with Gasteiger partial charge >= 0.3 is 0 Å². The van der Waals surface area contributed by atoms with Crippen molar-refractivity contribution in [2.45, 2.75) is 78.6 Å². The van der Waals surface area contributed by atoms with Crippen LogP contribution in [-0.2, 0) is 16.2 Å². The Morgan fingerprint density at radius 3 is 1.12 bits per heavy atom. The number of benzene rings is 5. The zero-order valence-electron chi connectivity index (χ0n) is 29.6. The van der Waals surface area contributed by atoms with Gasteiger partial charge in [-0.15, -0.1) is 0 Å². The van der Waals surface area contributed by atoms with Gasteiger partial charge in [0.25, 0.3) is 6.71 Å². The minimum Gasteiger partial charge on any atom is -0.309 e. The highest BCUT2D eigenvalue weighted by Crippen LogP contribution is 2.47. The summed E-state index contributed by atoms with van der Waals surface area (Å²) in [5.74, 6) is -2.70. The highest BCUT2D eigenvalue weighted by Gasteiger charge is 2.45. The van der Waals surface area contributed by atoms with Crippen molar-refractivity contribution in [3.63, 3.8) is 0 Å². The van der Waals surface area contributed by atoms with Crippen LogP contribution in [0.25, 0.3) is 0 Å². The van der Waals surface area contributed by atoms with E-state index in [-0.39, 0.29) is 34.3 Å². The molecule has 5 aromatic carbocycles. The summed E-state index contributed by atoms with van der Waals surface area (Å²) in [6.07, 6.45) is 0. The van der Waals surface area contributed by atoms with E-state index in [9.17, 15) is 8.78 Å². The van der Waals surface area contributed by atoms with Crippen LogP contribution in [-0.4, -0.2) is 6.71 Å². The molecule has 2 nitrogen and oxygen atoms in total. The molecule has 0 bridgehead atoms. The van der Waals surface area contributed by atoms with Gasteiger partial charge in [-0.25, -0.2) is 17.6 Å². The maximum absolute atomic E-state index is 16.0. The van der Waals surface area contributed by atoms with E-state index >= 15 is 8.78 Å². The Bertz CT molecular complexity index is 2010. The third-order valence-corrected chi connectivity index (χ3v) is 9.97. The Hall–Kier alpha value is -4.52. The van der Waals surface area contributed by atoms with E-state index in [1.54, 1.807) is 0 Å². The summed E-state index contributed by atoms with van der Waals surface area (Å²) >= 11 is 0. The van der Waals surface area contributed by atoms with Crippen molar-refractivity contribution in [2.75, 3.05) is 9.80 Å². The summed E-state index contributed by atoms with van der Waals surface area (Å²) in [5.41, 5.74) is 8.74. The normalized spacial score (nSPS) is 14.1. The molecule has 0 spiro atoms. The SMILES string of the molecule is CC(C)(C)c1ccc2c(c1)B1c3cc(C(C)(C)C)ccc3N(c3ccc(F)cc3F)c3cc(C(C)(C)C)cc(c31)N2c1ccc(F)cc1F. The molecule has 2 aliphatic heterocycles. The van der Waals surface area contributed by atoms with Crippen molar-refractivity contribution in [3.8, 4) is 0 Å². The molecule has 0 saturated carbocycles. The minimum atomic E-state index is -0.688. The molecule has 0 radical (unpaired) electrons. The van der Waals surface area contributed by atoms with Gasteiger partial charge in [-0.3, -0.25) is 0 Å². The first-order valence-electron chi connectivity index (χ1n) is 16.8. The van der Waals surface area contributed by atoms with E-state index in [2.05, 4.69) is 98.7 Å². The first kappa shape index (κ1) is 33.0. The first-order valence-corrected chi connectivity index (χ1v) is 16.8. The van der Waals surface area contributed by atoms with E-state index in [1.807, 2.05) is 21.9 Å². The molecule has 0 aliphatic carbocycles. The number of anilines is 6. The van der Waals surface area contributed by atoms with Crippen molar-refractivity contribution in [1.82, 2.24) is 0 Å². The van der Waals surface area contributed by atoms with Crippen LogP contribution in [0.5, 0.6) is 0 Å². The van der Waals surface area contributed by atoms with Gasteiger partial charge in [-0.1, -0.05) is 86.6 Å². The van der Waals surface area contributed by atoms with Crippen LogP contribution in [0.15, 0.2) is 84.9 Å². The molecular formula is C42H41BF4N2. The molecule has 49 heavy (non-hydrogen) atoms. The zero-order chi connectivity index (χ0) is 35.4. The van der Waals surface area contributed by atoms with Crippen molar-refractivity contribution in [1.29, 1.82) is 0 Å². The van der Waals surface area contributed by atoms with Gasteiger partial charge in [0.15, 0.2) is 0 Å². The average Bonchev–Trinajstić information content (AvgIpc) is 3.00. The summed E-state index contributed by atoms with van der Waals surface area (Å²) < 4.78 is 60.8. The zero-order valence-corrected chi connectivity index (χ0v) is 29.6. The quantitative estimate of drug-likeness (QED) is 0.135. The maximum Gasteiger partial charge on any atom is 0.252 e. The van der Waals surface area contributed by atoms with Crippen LogP contribution in [0.4, 0.5) is 51.7 Å². The van der Waals surface area contributed by atoms with Crippen LogP contribution in [0.3, 0.4) is 0 Å².